The molecule has 3 nitrogen and oxygen atoms in total. The normalized spacial score (nSPS) is 27.1. The van der Waals surface area contributed by atoms with Crippen LogP contribution in [0.4, 0.5) is 4.39 Å². The molecule has 2 N–H and O–H groups in total. The summed E-state index contributed by atoms with van der Waals surface area (Å²) in [4.78, 5) is 12.1. The molecule has 1 aliphatic heterocycles. The number of halogens is 2. The maximum absolute atomic E-state index is 13.7. The summed E-state index contributed by atoms with van der Waals surface area (Å²) in [6, 6.07) is 4.71. The summed E-state index contributed by atoms with van der Waals surface area (Å²) in [5.74, 6) is -0.466. The van der Waals surface area contributed by atoms with Crippen LogP contribution in [-0.4, -0.2) is 24.5 Å². The Labute approximate surface area is 121 Å². The first-order valence-electron chi connectivity index (χ1n) is 6.48. The minimum atomic E-state index is -0.504. The highest BCUT2D eigenvalue weighted by atomic mass is 79.9. The van der Waals surface area contributed by atoms with Gasteiger partial charge in [-0.05, 0) is 44.0 Å². The van der Waals surface area contributed by atoms with Gasteiger partial charge in [0, 0.05) is 16.6 Å². The van der Waals surface area contributed by atoms with Crippen LogP contribution in [-0.2, 0) is 0 Å². The van der Waals surface area contributed by atoms with Crippen LogP contribution in [0.2, 0.25) is 0 Å². The molecule has 3 unspecified atom stereocenters. The molecule has 1 fully saturated rings. The molecule has 2 rings (SSSR count). The monoisotopic (exact) mass is 328 g/mol. The molecule has 0 spiro atoms. The van der Waals surface area contributed by atoms with Crippen molar-refractivity contribution < 1.29 is 9.18 Å². The molecule has 1 aliphatic rings. The van der Waals surface area contributed by atoms with Gasteiger partial charge in [-0.1, -0.05) is 22.9 Å². The average Bonchev–Trinajstić information content (AvgIpc) is 2.33. The zero-order chi connectivity index (χ0) is 14.0. The molecular formula is C14H18BrFN2O. The minimum Gasteiger partial charge on any atom is -0.347 e. The van der Waals surface area contributed by atoms with Gasteiger partial charge in [-0.15, -0.1) is 0 Å². The Bertz CT molecular complexity index is 471. The average molecular weight is 329 g/mol. The predicted molar refractivity (Wildman–Crippen MR) is 76.6 cm³/mol. The van der Waals surface area contributed by atoms with E-state index in [2.05, 4.69) is 33.5 Å². The Kier molecular flexibility index (Phi) is 4.58. The number of hydrogen-bond acceptors (Lipinski definition) is 2. The van der Waals surface area contributed by atoms with E-state index in [0.29, 0.717) is 10.4 Å². The van der Waals surface area contributed by atoms with Crippen molar-refractivity contribution in [3.05, 3.63) is 34.1 Å². The van der Waals surface area contributed by atoms with Gasteiger partial charge in [0.1, 0.15) is 5.82 Å². The number of nitrogens with one attached hydrogen (secondary N) is 2. The number of carbonyl (C=O) groups excluding carboxylic acids is 1. The third kappa shape index (κ3) is 3.34. The molecule has 1 amide bonds. The van der Waals surface area contributed by atoms with Gasteiger partial charge in [-0.3, -0.25) is 4.79 Å². The first-order valence-corrected chi connectivity index (χ1v) is 7.27. The van der Waals surface area contributed by atoms with E-state index in [-0.39, 0.29) is 23.6 Å². The Balaban J connectivity index is 2.11. The van der Waals surface area contributed by atoms with Gasteiger partial charge in [-0.2, -0.15) is 0 Å². The lowest BCUT2D eigenvalue weighted by atomic mass is 9.89. The van der Waals surface area contributed by atoms with Crippen molar-refractivity contribution in [1.82, 2.24) is 10.6 Å². The molecule has 5 heteroatoms. The molecule has 0 radical (unpaired) electrons. The third-order valence-electron chi connectivity index (χ3n) is 3.69. The molecule has 1 saturated heterocycles. The van der Waals surface area contributed by atoms with E-state index in [0.717, 1.165) is 13.0 Å². The molecule has 0 aliphatic carbocycles. The van der Waals surface area contributed by atoms with Crippen LogP contribution >= 0.6 is 15.9 Å². The Hall–Kier alpha value is -0.940. The number of amides is 1. The van der Waals surface area contributed by atoms with Crippen molar-refractivity contribution in [3.8, 4) is 0 Å². The lowest BCUT2D eigenvalue weighted by molar-refractivity contribution is 0.0893. The quantitative estimate of drug-likeness (QED) is 0.876. The van der Waals surface area contributed by atoms with Gasteiger partial charge in [0.25, 0.3) is 5.91 Å². The van der Waals surface area contributed by atoms with Gasteiger partial charge in [0.15, 0.2) is 0 Å². The maximum atomic E-state index is 13.7. The standard InChI is InChI=1S/C14H18BrFN2O/c1-8-5-6-17-9(2)13(8)18-14(19)11-4-3-10(15)7-12(11)16/h3-4,7-9,13,17H,5-6H2,1-2H3,(H,18,19). The van der Waals surface area contributed by atoms with Gasteiger partial charge in [0.05, 0.1) is 5.56 Å². The summed E-state index contributed by atoms with van der Waals surface area (Å²) < 4.78 is 14.4. The molecule has 0 saturated carbocycles. The number of hydrogen-bond donors (Lipinski definition) is 2. The number of rotatable bonds is 2. The molecule has 19 heavy (non-hydrogen) atoms. The van der Waals surface area contributed by atoms with E-state index in [1.54, 1.807) is 6.07 Å². The highest BCUT2D eigenvalue weighted by Crippen LogP contribution is 2.19. The SMILES string of the molecule is CC1CCNC(C)C1NC(=O)c1ccc(Br)cc1F. The fraction of sp³-hybridized carbons (Fsp3) is 0.500. The van der Waals surface area contributed by atoms with E-state index >= 15 is 0 Å². The van der Waals surface area contributed by atoms with Gasteiger partial charge in [-0.25, -0.2) is 4.39 Å². The first-order chi connectivity index (χ1) is 8.99. The van der Waals surface area contributed by atoms with E-state index in [9.17, 15) is 9.18 Å². The van der Waals surface area contributed by atoms with E-state index in [4.69, 9.17) is 0 Å². The number of benzene rings is 1. The fourth-order valence-electron chi connectivity index (χ4n) is 2.51. The first kappa shape index (κ1) is 14.5. The summed E-state index contributed by atoms with van der Waals surface area (Å²) in [5, 5.41) is 6.27. The zero-order valence-corrected chi connectivity index (χ0v) is 12.6. The zero-order valence-electron chi connectivity index (χ0n) is 11.0. The summed E-state index contributed by atoms with van der Waals surface area (Å²) in [6.07, 6.45) is 1.01. The van der Waals surface area contributed by atoms with Crippen LogP contribution in [0, 0.1) is 11.7 Å². The molecule has 0 bridgehead atoms. The molecular weight excluding hydrogens is 311 g/mol. The van der Waals surface area contributed by atoms with Crippen molar-refractivity contribution in [2.45, 2.75) is 32.4 Å². The lowest BCUT2D eigenvalue weighted by Crippen LogP contribution is -2.56. The highest BCUT2D eigenvalue weighted by molar-refractivity contribution is 9.10. The minimum absolute atomic E-state index is 0.0318. The van der Waals surface area contributed by atoms with E-state index in [1.807, 2.05) is 6.92 Å². The molecule has 1 aromatic carbocycles. The molecule has 1 heterocycles. The van der Waals surface area contributed by atoms with Crippen LogP contribution in [0.1, 0.15) is 30.6 Å². The van der Waals surface area contributed by atoms with Crippen molar-refractivity contribution in [1.29, 1.82) is 0 Å². The fourth-order valence-corrected chi connectivity index (χ4v) is 2.84. The van der Waals surface area contributed by atoms with Crippen LogP contribution in [0.3, 0.4) is 0 Å². The third-order valence-corrected chi connectivity index (χ3v) is 4.18. The van der Waals surface area contributed by atoms with Crippen LogP contribution in [0.5, 0.6) is 0 Å². The van der Waals surface area contributed by atoms with Crippen LogP contribution in [0.15, 0.2) is 22.7 Å². The predicted octanol–water partition coefficient (Wildman–Crippen LogP) is 2.70. The summed E-state index contributed by atoms with van der Waals surface area (Å²) >= 11 is 3.18. The van der Waals surface area contributed by atoms with E-state index < -0.39 is 5.82 Å². The van der Waals surface area contributed by atoms with Crippen molar-refractivity contribution in [2.75, 3.05) is 6.54 Å². The maximum Gasteiger partial charge on any atom is 0.254 e. The number of carbonyl (C=O) groups is 1. The Morgan fingerprint density at radius 1 is 1.47 bits per heavy atom. The second-order valence-electron chi connectivity index (χ2n) is 5.13. The van der Waals surface area contributed by atoms with Crippen molar-refractivity contribution in [2.24, 2.45) is 5.92 Å². The smallest absolute Gasteiger partial charge is 0.254 e. The molecule has 104 valence electrons. The topological polar surface area (TPSA) is 41.1 Å². The van der Waals surface area contributed by atoms with E-state index in [1.165, 1.54) is 12.1 Å². The van der Waals surface area contributed by atoms with Crippen molar-refractivity contribution in [3.63, 3.8) is 0 Å². The summed E-state index contributed by atoms with van der Waals surface area (Å²) in [7, 11) is 0. The van der Waals surface area contributed by atoms with Crippen LogP contribution < -0.4 is 10.6 Å². The molecule has 0 aromatic heterocycles. The molecule has 3 atom stereocenters. The van der Waals surface area contributed by atoms with Gasteiger partial charge >= 0.3 is 0 Å². The van der Waals surface area contributed by atoms with Gasteiger partial charge in [0.2, 0.25) is 0 Å². The number of piperidine rings is 1. The van der Waals surface area contributed by atoms with Crippen molar-refractivity contribution >= 4 is 21.8 Å². The Morgan fingerprint density at radius 2 is 2.21 bits per heavy atom. The lowest BCUT2D eigenvalue weighted by Gasteiger charge is -2.36. The van der Waals surface area contributed by atoms with Crippen LogP contribution in [0.25, 0.3) is 0 Å². The second kappa shape index (κ2) is 6.01. The largest absolute Gasteiger partial charge is 0.347 e. The summed E-state index contributed by atoms with van der Waals surface area (Å²) in [5.41, 5.74) is 0.0909. The second-order valence-corrected chi connectivity index (χ2v) is 6.05. The highest BCUT2D eigenvalue weighted by Gasteiger charge is 2.29. The summed E-state index contributed by atoms with van der Waals surface area (Å²) in [6.45, 7) is 5.11. The molecule has 1 aromatic rings. The van der Waals surface area contributed by atoms with Gasteiger partial charge < -0.3 is 10.6 Å². The Morgan fingerprint density at radius 3 is 2.84 bits per heavy atom.